The highest BCUT2D eigenvalue weighted by molar-refractivity contribution is 5.05. The van der Waals surface area contributed by atoms with Crippen LogP contribution in [0.15, 0.2) is 0 Å². The zero-order chi connectivity index (χ0) is 8.77. The summed E-state index contributed by atoms with van der Waals surface area (Å²) in [5, 5.41) is 0. The van der Waals surface area contributed by atoms with E-state index in [-0.39, 0.29) is 5.54 Å². The van der Waals surface area contributed by atoms with Crippen molar-refractivity contribution in [2.45, 2.75) is 57.3 Å². The zero-order valence-electron chi connectivity index (χ0n) is 8.02. The van der Waals surface area contributed by atoms with Crippen molar-refractivity contribution in [3.63, 3.8) is 0 Å². The number of hydrogen-bond donors (Lipinski definition) is 0. The smallest absolute Gasteiger partial charge is 0.115 e. The Morgan fingerprint density at radius 2 is 2.33 bits per heavy atom. The Balaban J connectivity index is 2.19. The molecule has 2 rings (SSSR count). The van der Waals surface area contributed by atoms with E-state index in [2.05, 4.69) is 18.7 Å². The number of nitrogens with zero attached hydrogens (tertiary/aromatic N) is 1. The van der Waals surface area contributed by atoms with Crippen LogP contribution in [0.4, 0.5) is 4.39 Å². The first-order chi connectivity index (χ1) is 5.68. The monoisotopic (exact) mass is 171 g/mol. The highest BCUT2D eigenvalue weighted by atomic mass is 19.1. The van der Waals surface area contributed by atoms with Gasteiger partial charge in [-0.3, -0.25) is 4.90 Å². The van der Waals surface area contributed by atoms with Gasteiger partial charge in [0.25, 0.3) is 0 Å². The largest absolute Gasteiger partial charge is 0.292 e. The molecule has 0 bridgehead atoms. The Bertz CT molecular complexity index is 183. The SMILES string of the molecule is CCC12CCC(C)N1CC(F)C2. The summed E-state index contributed by atoms with van der Waals surface area (Å²) in [6.07, 6.45) is 3.82. The molecule has 2 saturated heterocycles. The molecular formula is C10H18FN. The summed E-state index contributed by atoms with van der Waals surface area (Å²) < 4.78 is 13.2. The highest BCUT2D eigenvalue weighted by Gasteiger charge is 2.50. The maximum atomic E-state index is 13.2. The lowest BCUT2D eigenvalue weighted by molar-refractivity contribution is 0.152. The lowest BCUT2D eigenvalue weighted by atomic mass is 9.91. The van der Waals surface area contributed by atoms with Crippen LogP contribution in [-0.2, 0) is 0 Å². The van der Waals surface area contributed by atoms with Crippen LogP contribution in [0.2, 0.25) is 0 Å². The molecule has 0 saturated carbocycles. The Kier molecular flexibility index (Phi) is 1.90. The van der Waals surface area contributed by atoms with E-state index in [4.69, 9.17) is 0 Å². The van der Waals surface area contributed by atoms with Crippen LogP contribution in [0.1, 0.15) is 39.5 Å². The van der Waals surface area contributed by atoms with Crippen molar-refractivity contribution in [1.29, 1.82) is 0 Å². The minimum Gasteiger partial charge on any atom is -0.292 e. The molecule has 2 aliphatic heterocycles. The van der Waals surface area contributed by atoms with E-state index in [0.29, 0.717) is 12.6 Å². The fraction of sp³-hybridized carbons (Fsp3) is 1.00. The van der Waals surface area contributed by atoms with E-state index < -0.39 is 6.17 Å². The Morgan fingerprint density at radius 3 is 2.92 bits per heavy atom. The van der Waals surface area contributed by atoms with Gasteiger partial charge < -0.3 is 0 Å². The van der Waals surface area contributed by atoms with Crippen LogP contribution < -0.4 is 0 Å². The maximum absolute atomic E-state index is 13.2. The van der Waals surface area contributed by atoms with Crippen LogP contribution >= 0.6 is 0 Å². The topological polar surface area (TPSA) is 3.24 Å². The standard InChI is InChI=1S/C10H18FN/c1-3-10-5-4-8(2)12(10)7-9(11)6-10/h8-9H,3-7H2,1-2H3. The molecule has 0 N–H and O–H groups in total. The maximum Gasteiger partial charge on any atom is 0.115 e. The van der Waals surface area contributed by atoms with E-state index in [9.17, 15) is 4.39 Å². The number of rotatable bonds is 1. The van der Waals surface area contributed by atoms with Gasteiger partial charge in [-0.25, -0.2) is 4.39 Å². The van der Waals surface area contributed by atoms with E-state index in [0.717, 1.165) is 12.8 Å². The van der Waals surface area contributed by atoms with E-state index >= 15 is 0 Å². The summed E-state index contributed by atoms with van der Waals surface area (Å²) in [5.74, 6) is 0. The van der Waals surface area contributed by atoms with Gasteiger partial charge in [0.15, 0.2) is 0 Å². The normalized spacial score (nSPS) is 48.2. The summed E-state index contributed by atoms with van der Waals surface area (Å²) in [5.41, 5.74) is 0.249. The van der Waals surface area contributed by atoms with Gasteiger partial charge in [-0.2, -0.15) is 0 Å². The molecule has 2 fully saturated rings. The van der Waals surface area contributed by atoms with E-state index in [1.54, 1.807) is 0 Å². The molecule has 0 spiro atoms. The Labute approximate surface area is 73.9 Å². The van der Waals surface area contributed by atoms with Gasteiger partial charge in [0.2, 0.25) is 0 Å². The van der Waals surface area contributed by atoms with Crippen molar-refractivity contribution in [1.82, 2.24) is 4.90 Å². The first-order valence-electron chi connectivity index (χ1n) is 5.09. The molecule has 0 amide bonds. The fourth-order valence-corrected chi connectivity index (χ4v) is 3.05. The molecule has 2 aliphatic rings. The van der Waals surface area contributed by atoms with Crippen molar-refractivity contribution in [3.8, 4) is 0 Å². The molecule has 2 heteroatoms. The molecular weight excluding hydrogens is 153 g/mol. The molecule has 0 aromatic rings. The average molecular weight is 171 g/mol. The highest BCUT2D eigenvalue weighted by Crippen LogP contribution is 2.45. The predicted octanol–water partition coefficient (Wildman–Crippen LogP) is 2.36. The van der Waals surface area contributed by atoms with Gasteiger partial charge in [0.1, 0.15) is 6.17 Å². The molecule has 1 nitrogen and oxygen atoms in total. The first kappa shape index (κ1) is 8.49. The average Bonchev–Trinajstić information content (AvgIpc) is 2.51. The quantitative estimate of drug-likeness (QED) is 0.585. The van der Waals surface area contributed by atoms with Crippen LogP contribution in [0.5, 0.6) is 0 Å². The molecule has 2 heterocycles. The van der Waals surface area contributed by atoms with Crippen molar-refractivity contribution in [3.05, 3.63) is 0 Å². The molecule has 12 heavy (non-hydrogen) atoms. The second-order valence-electron chi connectivity index (χ2n) is 4.42. The number of fused-ring (bicyclic) bond motifs is 1. The molecule has 3 unspecified atom stereocenters. The lowest BCUT2D eigenvalue weighted by Crippen LogP contribution is -2.40. The Morgan fingerprint density at radius 1 is 1.58 bits per heavy atom. The third-order valence-electron chi connectivity index (χ3n) is 3.82. The van der Waals surface area contributed by atoms with Gasteiger partial charge >= 0.3 is 0 Å². The van der Waals surface area contributed by atoms with Crippen molar-refractivity contribution >= 4 is 0 Å². The molecule has 0 aliphatic carbocycles. The molecule has 0 aromatic carbocycles. The molecule has 0 aromatic heterocycles. The lowest BCUT2D eigenvalue weighted by Gasteiger charge is -2.32. The van der Waals surface area contributed by atoms with Crippen LogP contribution in [-0.4, -0.2) is 29.2 Å². The second kappa shape index (κ2) is 2.69. The van der Waals surface area contributed by atoms with Crippen molar-refractivity contribution < 1.29 is 4.39 Å². The fourth-order valence-electron chi connectivity index (χ4n) is 3.05. The van der Waals surface area contributed by atoms with Crippen LogP contribution in [0, 0.1) is 0 Å². The van der Waals surface area contributed by atoms with Crippen molar-refractivity contribution in [2.24, 2.45) is 0 Å². The van der Waals surface area contributed by atoms with Crippen LogP contribution in [0.3, 0.4) is 0 Å². The van der Waals surface area contributed by atoms with Crippen molar-refractivity contribution in [2.75, 3.05) is 6.54 Å². The first-order valence-corrected chi connectivity index (χ1v) is 5.09. The second-order valence-corrected chi connectivity index (χ2v) is 4.42. The third kappa shape index (κ3) is 1.00. The summed E-state index contributed by atoms with van der Waals surface area (Å²) in [6, 6.07) is 0.616. The van der Waals surface area contributed by atoms with Crippen LogP contribution in [0.25, 0.3) is 0 Å². The van der Waals surface area contributed by atoms with Gasteiger partial charge in [-0.05, 0) is 32.6 Å². The summed E-state index contributed by atoms with van der Waals surface area (Å²) in [6.45, 7) is 5.12. The summed E-state index contributed by atoms with van der Waals surface area (Å²) in [4.78, 5) is 2.40. The van der Waals surface area contributed by atoms with Gasteiger partial charge in [0.05, 0.1) is 0 Å². The van der Waals surface area contributed by atoms with Gasteiger partial charge in [-0.1, -0.05) is 6.92 Å². The predicted molar refractivity (Wildman–Crippen MR) is 47.9 cm³/mol. The molecule has 70 valence electrons. The minimum atomic E-state index is -0.562. The van der Waals surface area contributed by atoms with E-state index in [1.807, 2.05) is 0 Å². The molecule has 3 atom stereocenters. The van der Waals surface area contributed by atoms with E-state index in [1.165, 1.54) is 12.8 Å². The van der Waals surface area contributed by atoms with Gasteiger partial charge in [0, 0.05) is 18.1 Å². The Hall–Kier alpha value is -0.110. The number of alkyl halides is 1. The summed E-state index contributed by atoms with van der Waals surface area (Å²) >= 11 is 0. The molecule has 0 radical (unpaired) electrons. The zero-order valence-corrected chi connectivity index (χ0v) is 8.02. The number of hydrogen-bond acceptors (Lipinski definition) is 1. The minimum absolute atomic E-state index is 0.249. The summed E-state index contributed by atoms with van der Waals surface area (Å²) in [7, 11) is 0. The number of halogens is 1. The third-order valence-corrected chi connectivity index (χ3v) is 3.82. The van der Waals surface area contributed by atoms with Gasteiger partial charge in [-0.15, -0.1) is 0 Å².